The van der Waals surface area contributed by atoms with E-state index in [1.807, 2.05) is 36.4 Å². The van der Waals surface area contributed by atoms with Crippen LogP contribution in [0.4, 0.5) is 5.69 Å². The molecule has 0 radical (unpaired) electrons. The number of allylic oxidation sites excluding steroid dienone is 6. The smallest absolute Gasteiger partial charge is 0.280 e. The van der Waals surface area contributed by atoms with E-state index < -0.39 is 0 Å². The van der Waals surface area contributed by atoms with Crippen LogP contribution in [0.5, 0.6) is 0 Å². The van der Waals surface area contributed by atoms with E-state index in [1.54, 1.807) is 10.8 Å². The first-order valence-electron chi connectivity index (χ1n) is 8.14. The second kappa shape index (κ2) is 5.88. The normalized spacial score (nSPS) is 17.6. The summed E-state index contributed by atoms with van der Waals surface area (Å²) in [6, 6.07) is 5.94. The van der Waals surface area contributed by atoms with E-state index in [1.165, 1.54) is 0 Å². The van der Waals surface area contributed by atoms with Crippen molar-refractivity contribution in [1.29, 1.82) is 0 Å². The molecular weight excluding hydrogens is 286 g/mol. The van der Waals surface area contributed by atoms with E-state index in [2.05, 4.69) is 22.0 Å². The van der Waals surface area contributed by atoms with Gasteiger partial charge < -0.3 is 4.90 Å². The van der Waals surface area contributed by atoms with Crippen LogP contribution >= 0.6 is 0 Å². The minimum Gasteiger partial charge on any atom is -0.367 e. The fraction of sp³-hybridized carbons (Fsp3) is 0.263. The van der Waals surface area contributed by atoms with Crippen LogP contribution in [0.1, 0.15) is 19.3 Å². The molecule has 4 nitrogen and oxygen atoms in total. The van der Waals surface area contributed by atoms with Gasteiger partial charge in [0.1, 0.15) is 11.3 Å². The van der Waals surface area contributed by atoms with Crippen LogP contribution in [0.15, 0.2) is 59.6 Å². The van der Waals surface area contributed by atoms with Crippen LogP contribution in [-0.2, 0) is 0 Å². The Kier molecular flexibility index (Phi) is 3.58. The third-order valence-electron chi connectivity index (χ3n) is 4.43. The van der Waals surface area contributed by atoms with Gasteiger partial charge in [0, 0.05) is 30.4 Å². The molecule has 1 aliphatic carbocycles. The van der Waals surface area contributed by atoms with Gasteiger partial charge in [0.15, 0.2) is 0 Å². The molecule has 1 aliphatic heterocycles. The molecule has 0 atom stereocenters. The Hall–Kier alpha value is -2.62. The highest BCUT2D eigenvalue weighted by Crippen LogP contribution is 2.23. The lowest BCUT2D eigenvalue weighted by atomic mass is 10.2. The minimum absolute atomic E-state index is 0.0240. The molecule has 0 spiro atoms. The summed E-state index contributed by atoms with van der Waals surface area (Å²) in [7, 11) is 0. The summed E-state index contributed by atoms with van der Waals surface area (Å²) < 4.78 is 1.76. The molecule has 116 valence electrons. The monoisotopic (exact) mass is 305 g/mol. The second-order valence-electron chi connectivity index (χ2n) is 5.93. The molecule has 2 aliphatic rings. The molecule has 4 heteroatoms. The van der Waals surface area contributed by atoms with Crippen LogP contribution in [0, 0.1) is 0 Å². The van der Waals surface area contributed by atoms with Crippen molar-refractivity contribution in [3.05, 3.63) is 65.1 Å². The van der Waals surface area contributed by atoms with Gasteiger partial charge >= 0.3 is 0 Å². The first kappa shape index (κ1) is 14.0. The Bertz CT molecular complexity index is 883. The summed E-state index contributed by atoms with van der Waals surface area (Å²) >= 11 is 0. The average Bonchev–Trinajstić information content (AvgIpc) is 2.98. The predicted molar refractivity (Wildman–Crippen MR) is 94.6 cm³/mol. The van der Waals surface area contributed by atoms with Gasteiger partial charge in [-0.3, -0.25) is 9.36 Å². The molecule has 0 unspecified atom stereocenters. The van der Waals surface area contributed by atoms with Crippen molar-refractivity contribution in [2.24, 2.45) is 0 Å². The van der Waals surface area contributed by atoms with Crippen LogP contribution in [-0.4, -0.2) is 22.6 Å². The Morgan fingerprint density at radius 3 is 2.87 bits per heavy atom. The molecule has 0 amide bonds. The molecule has 0 aromatic carbocycles. The third-order valence-corrected chi connectivity index (χ3v) is 4.43. The first-order chi connectivity index (χ1) is 11.3. The Balaban J connectivity index is 1.98. The van der Waals surface area contributed by atoms with Crippen molar-refractivity contribution in [2.45, 2.75) is 19.3 Å². The molecule has 2 aromatic heterocycles. The molecule has 4 rings (SSSR count). The number of aromatic nitrogens is 2. The van der Waals surface area contributed by atoms with E-state index in [4.69, 9.17) is 0 Å². The maximum atomic E-state index is 13.2. The molecule has 1 fully saturated rings. The number of hydrogen-bond donors (Lipinski definition) is 0. The third kappa shape index (κ3) is 2.50. The molecule has 0 bridgehead atoms. The van der Waals surface area contributed by atoms with Gasteiger partial charge in [-0.15, -0.1) is 0 Å². The van der Waals surface area contributed by atoms with Gasteiger partial charge in [0.05, 0.1) is 0 Å². The first-order valence-corrected chi connectivity index (χ1v) is 8.14. The van der Waals surface area contributed by atoms with Crippen molar-refractivity contribution in [1.82, 2.24) is 9.55 Å². The lowest BCUT2D eigenvalue weighted by Crippen LogP contribution is -2.30. The fourth-order valence-corrected chi connectivity index (χ4v) is 3.29. The molecule has 1 saturated heterocycles. The molecule has 0 N–H and O–H groups in total. The van der Waals surface area contributed by atoms with Gasteiger partial charge in [0.25, 0.3) is 5.56 Å². The molecule has 0 saturated carbocycles. The zero-order valence-electron chi connectivity index (χ0n) is 13.0. The summed E-state index contributed by atoms with van der Waals surface area (Å²) in [4.78, 5) is 19.8. The summed E-state index contributed by atoms with van der Waals surface area (Å²) in [5, 5.41) is 1.00. The average molecular weight is 305 g/mol. The number of nitrogens with zero attached hydrogens (tertiary/aromatic N) is 3. The highest BCUT2D eigenvalue weighted by atomic mass is 16.1. The van der Waals surface area contributed by atoms with Gasteiger partial charge in [-0.25, -0.2) is 4.98 Å². The van der Waals surface area contributed by atoms with Crippen LogP contribution < -0.4 is 10.5 Å². The Morgan fingerprint density at radius 2 is 2.00 bits per heavy atom. The lowest BCUT2D eigenvalue weighted by Gasteiger charge is -2.20. The van der Waals surface area contributed by atoms with Crippen molar-refractivity contribution in [3.63, 3.8) is 0 Å². The number of fused-ring (bicyclic) bond motifs is 1. The van der Waals surface area contributed by atoms with Gasteiger partial charge in [-0.2, -0.15) is 0 Å². The van der Waals surface area contributed by atoms with Crippen molar-refractivity contribution in [3.8, 4) is 0 Å². The predicted octanol–water partition coefficient (Wildman–Crippen LogP) is 3.35. The lowest BCUT2D eigenvalue weighted by molar-refractivity contribution is 0.932. The summed E-state index contributed by atoms with van der Waals surface area (Å²) in [5.41, 5.74) is 2.42. The van der Waals surface area contributed by atoms with E-state index >= 15 is 0 Å². The van der Waals surface area contributed by atoms with Crippen molar-refractivity contribution >= 4 is 22.4 Å². The van der Waals surface area contributed by atoms with E-state index in [9.17, 15) is 4.79 Å². The number of hydrogen-bond acceptors (Lipinski definition) is 3. The number of rotatable bonds is 2. The SMILES string of the molecule is O=c1c(N2CCCC2)cc2cccnc2n1C1=CCC=CC=C1. The van der Waals surface area contributed by atoms with Crippen LogP contribution in [0.3, 0.4) is 0 Å². The Morgan fingerprint density at radius 1 is 1.13 bits per heavy atom. The van der Waals surface area contributed by atoms with Gasteiger partial charge in [-0.05, 0) is 43.5 Å². The largest absolute Gasteiger partial charge is 0.367 e. The van der Waals surface area contributed by atoms with Gasteiger partial charge in [0.2, 0.25) is 0 Å². The molecule has 2 aromatic rings. The minimum atomic E-state index is 0.0240. The van der Waals surface area contributed by atoms with E-state index in [0.717, 1.165) is 54.8 Å². The summed E-state index contributed by atoms with van der Waals surface area (Å²) in [6.45, 7) is 1.91. The Labute approximate surface area is 135 Å². The fourth-order valence-electron chi connectivity index (χ4n) is 3.29. The zero-order chi connectivity index (χ0) is 15.6. The maximum absolute atomic E-state index is 13.2. The standard InChI is InChI=1S/C19H19N3O/c23-19-17(21-12-5-6-13-21)14-15-8-7-11-20-18(15)22(19)16-9-3-1-2-4-10-16/h1-3,7-11,14H,4-6,12-13H2. The highest BCUT2D eigenvalue weighted by Gasteiger charge is 2.19. The van der Waals surface area contributed by atoms with Gasteiger partial charge in [-0.1, -0.05) is 24.3 Å². The highest BCUT2D eigenvalue weighted by molar-refractivity contribution is 5.83. The summed E-state index contributed by atoms with van der Waals surface area (Å²) in [6.07, 6.45) is 15.0. The quantitative estimate of drug-likeness (QED) is 0.854. The topological polar surface area (TPSA) is 38.1 Å². The van der Waals surface area contributed by atoms with Crippen LogP contribution in [0.2, 0.25) is 0 Å². The van der Waals surface area contributed by atoms with E-state index in [-0.39, 0.29) is 5.56 Å². The second-order valence-corrected chi connectivity index (χ2v) is 5.93. The molecule has 3 heterocycles. The van der Waals surface area contributed by atoms with Crippen molar-refractivity contribution in [2.75, 3.05) is 18.0 Å². The molecular formula is C19H19N3O. The number of pyridine rings is 2. The maximum Gasteiger partial charge on any atom is 0.280 e. The number of anilines is 1. The van der Waals surface area contributed by atoms with Crippen LogP contribution in [0.25, 0.3) is 16.7 Å². The van der Waals surface area contributed by atoms with Crippen molar-refractivity contribution < 1.29 is 0 Å². The van der Waals surface area contributed by atoms with E-state index in [0.29, 0.717) is 0 Å². The summed E-state index contributed by atoms with van der Waals surface area (Å²) in [5.74, 6) is 0. The zero-order valence-corrected chi connectivity index (χ0v) is 13.0. The molecule has 23 heavy (non-hydrogen) atoms.